The molecular formula is C16H22F2N2. The third kappa shape index (κ3) is 2.85. The minimum absolute atomic E-state index is 0.119. The van der Waals surface area contributed by atoms with Crippen LogP contribution < -0.4 is 0 Å². The second-order valence-electron chi connectivity index (χ2n) is 5.49. The topological polar surface area (TPSA) is 6.48 Å². The van der Waals surface area contributed by atoms with E-state index in [1.807, 2.05) is 14.1 Å². The number of rotatable bonds is 3. The summed E-state index contributed by atoms with van der Waals surface area (Å²) in [4.78, 5) is 4.28. The van der Waals surface area contributed by atoms with E-state index in [0.717, 1.165) is 25.6 Å². The van der Waals surface area contributed by atoms with E-state index in [9.17, 15) is 8.78 Å². The van der Waals surface area contributed by atoms with Gasteiger partial charge < -0.3 is 4.90 Å². The van der Waals surface area contributed by atoms with E-state index in [0.29, 0.717) is 11.1 Å². The van der Waals surface area contributed by atoms with E-state index in [2.05, 4.69) is 22.8 Å². The minimum Gasteiger partial charge on any atom is -0.381 e. The quantitative estimate of drug-likeness (QED) is 0.836. The Morgan fingerprint density at radius 2 is 2.00 bits per heavy atom. The van der Waals surface area contributed by atoms with Crippen LogP contribution in [0.4, 0.5) is 8.78 Å². The number of hydrogen-bond acceptors (Lipinski definition) is 2. The zero-order valence-electron chi connectivity index (χ0n) is 12.6. The molecule has 0 amide bonds. The highest BCUT2D eigenvalue weighted by Gasteiger charge is 2.27. The lowest BCUT2D eigenvalue weighted by Crippen LogP contribution is -2.35. The van der Waals surface area contributed by atoms with Crippen molar-refractivity contribution in [2.75, 3.05) is 27.2 Å². The van der Waals surface area contributed by atoms with Gasteiger partial charge >= 0.3 is 0 Å². The molecule has 0 saturated carbocycles. The van der Waals surface area contributed by atoms with E-state index in [1.165, 1.54) is 11.8 Å². The largest absolute Gasteiger partial charge is 0.381 e. The van der Waals surface area contributed by atoms with Crippen molar-refractivity contribution in [2.45, 2.75) is 26.3 Å². The summed E-state index contributed by atoms with van der Waals surface area (Å²) in [5.41, 5.74) is 2.46. The van der Waals surface area contributed by atoms with Gasteiger partial charge in [-0.15, -0.1) is 0 Å². The van der Waals surface area contributed by atoms with Gasteiger partial charge in [0.25, 0.3) is 0 Å². The Balaban J connectivity index is 2.49. The summed E-state index contributed by atoms with van der Waals surface area (Å²) in [6.45, 7) is 5.57. The van der Waals surface area contributed by atoms with Crippen molar-refractivity contribution < 1.29 is 8.78 Å². The predicted octanol–water partition coefficient (Wildman–Crippen LogP) is 3.49. The van der Waals surface area contributed by atoms with Gasteiger partial charge in [0.1, 0.15) is 11.6 Å². The lowest BCUT2D eigenvalue weighted by Gasteiger charge is -2.36. The molecule has 0 radical (unpaired) electrons. The lowest BCUT2D eigenvalue weighted by atomic mass is 9.94. The first-order valence-electron chi connectivity index (χ1n) is 7.01. The summed E-state index contributed by atoms with van der Waals surface area (Å²) in [5, 5.41) is 0. The molecule has 1 heterocycles. The summed E-state index contributed by atoms with van der Waals surface area (Å²) < 4.78 is 27.5. The van der Waals surface area contributed by atoms with Crippen molar-refractivity contribution >= 4 is 0 Å². The highest BCUT2D eigenvalue weighted by atomic mass is 19.1. The molecule has 20 heavy (non-hydrogen) atoms. The average Bonchev–Trinajstić information content (AvgIpc) is 2.37. The Labute approximate surface area is 119 Å². The van der Waals surface area contributed by atoms with Gasteiger partial charge in [-0.25, -0.2) is 8.78 Å². The van der Waals surface area contributed by atoms with Crippen LogP contribution in [-0.4, -0.2) is 37.0 Å². The number of benzene rings is 1. The van der Waals surface area contributed by atoms with Crippen molar-refractivity contribution in [3.8, 4) is 0 Å². The Hall–Kier alpha value is -1.42. The summed E-state index contributed by atoms with van der Waals surface area (Å²) in [5.74, 6) is -0.971. The molecule has 1 atom stereocenters. The van der Waals surface area contributed by atoms with Crippen LogP contribution in [0.2, 0.25) is 0 Å². The number of halogens is 2. The van der Waals surface area contributed by atoms with Crippen LogP contribution in [-0.2, 0) is 0 Å². The number of likely N-dealkylation sites (N-methyl/N-ethyl adjacent to an activating group) is 1. The van der Waals surface area contributed by atoms with Crippen LogP contribution >= 0.6 is 0 Å². The van der Waals surface area contributed by atoms with Crippen molar-refractivity contribution in [3.63, 3.8) is 0 Å². The molecule has 0 saturated heterocycles. The predicted molar refractivity (Wildman–Crippen MR) is 77.5 cm³/mol. The van der Waals surface area contributed by atoms with E-state index in [-0.39, 0.29) is 6.04 Å². The zero-order chi connectivity index (χ0) is 14.9. The first kappa shape index (κ1) is 15.0. The molecule has 1 aromatic rings. The smallest absolute Gasteiger partial charge is 0.131 e. The second kappa shape index (κ2) is 5.92. The summed E-state index contributed by atoms with van der Waals surface area (Å²) in [6, 6.07) is 2.27. The average molecular weight is 280 g/mol. The second-order valence-corrected chi connectivity index (χ2v) is 5.49. The minimum atomic E-state index is -0.514. The van der Waals surface area contributed by atoms with Crippen LogP contribution in [0.3, 0.4) is 0 Å². The van der Waals surface area contributed by atoms with E-state index >= 15 is 0 Å². The summed E-state index contributed by atoms with van der Waals surface area (Å²) >= 11 is 0. The Morgan fingerprint density at radius 1 is 1.30 bits per heavy atom. The fourth-order valence-electron chi connectivity index (χ4n) is 2.85. The third-order valence-electron chi connectivity index (χ3n) is 3.98. The fourth-order valence-corrected chi connectivity index (χ4v) is 2.85. The third-order valence-corrected chi connectivity index (χ3v) is 3.98. The standard InChI is InChI=1S/C16H22F2N2/c1-5-20-7-6-13(19(3)4)10-15(20)16-11(2)8-12(17)9-14(16)18/h8-10,15H,5-7H2,1-4H3. The first-order valence-corrected chi connectivity index (χ1v) is 7.01. The normalized spacial score (nSPS) is 19.9. The van der Waals surface area contributed by atoms with Crippen molar-refractivity contribution in [3.05, 3.63) is 46.7 Å². The van der Waals surface area contributed by atoms with Crippen molar-refractivity contribution in [2.24, 2.45) is 0 Å². The molecule has 0 aromatic heterocycles. The van der Waals surface area contributed by atoms with Crippen LogP contribution in [0.15, 0.2) is 23.9 Å². The molecule has 1 aliphatic rings. The molecule has 2 nitrogen and oxygen atoms in total. The molecule has 2 rings (SSSR count). The number of hydrogen-bond donors (Lipinski definition) is 0. The van der Waals surface area contributed by atoms with E-state index in [4.69, 9.17) is 0 Å². The van der Waals surface area contributed by atoms with Gasteiger partial charge in [-0.3, -0.25) is 4.90 Å². The van der Waals surface area contributed by atoms with Crippen LogP contribution in [0.25, 0.3) is 0 Å². The van der Waals surface area contributed by atoms with Crippen molar-refractivity contribution in [1.29, 1.82) is 0 Å². The molecule has 4 heteroatoms. The molecule has 0 aliphatic carbocycles. The lowest BCUT2D eigenvalue weighted by molar-refractivity contribution is 0.215. The SMILES string of the molecule is CCN1CCC(N(C)C)=CC1c1c(C)cc(F)cc1F. The van der Waals surface area contributed by atoms with Gasteiger partial charge in [0, 0.05) is 38.0 Å². The number of nitrogens with zero attached hydrogens (tertiary/aromatic N) is 2. The van der Waals surface area contributed by atoms with Crippen molar-refractivity contribution in [1.82, 2.24) is 9.80 Å². The molecule has 110 valence electrons. The fraction of sp³-hybridized carbons (Fsp3) is 0.500. The Bertz CT molecular complexity index is 500. The maximum absolute atomic E-state index is 14.2. The Kier molecular flexibility index (Phi) is 4.43. The van der Waals surface area contributed by atoms with E-state index < -0.39 is 11.6 Å². The molecule has 1 unspecified atom stereocenters. The molecular weight excluding hydrogens is 258 g/mol. The first-order chi connectivity index (χ1) is 9.43. The summed E-state index contributed by atoms with van der Waals surface area (Å²) in [7, 11) is 4.00. The van der Waals surface area contributed by atoms with Gasteiger partial charge in [-0.1, -0.05) is 6.92 Å². The van der Waals surface area contributed by atoms with E-state index in [1.54, 1.807) is 6.92 Å². The number of aryl methyl sites for hydroxylation is 1. The van der Waals surface area contributed by atoms with Crippen LogP contribution in [0, 0.1) is 18.6 Å². The molecule has 0 fully saturated rings. The highest BCUT2D eigenvalue weighted by Crippen LogP contribution is 2.33. The van der Waals surface area contributed by atoms with Crippen LogP contribution in [0.5, 0.6) is 0 Å². The van der Waals surface area contributed by atoms with Gasteiger partial charge in [-0.05, 0) is 37.6 Å². The van der Waals surface area contributed by atoms with Crippen LogP contribution in [0.1, 0.15) is 30.5 Å². The Morgan fingerprint density at radius 3 is 2.55 bits per heavy atom. The molecule has 0 spiro atoms. The maximum Gasteiger partial charge on any atom is 0.131 e. The highest BCUT2D eigenvalue weighted by molar-refractivity contribution is 5.35. The van der Waals surface area contributed by atoms with Gasteiger partial charge in [0.2, 0.25) is 0 Å². The van der Waals surface area contributed by atoms with Gasteiger partial charge in [-0.2, -0.15) is 0 Å². The molecule has 0 N–H and O–H groups in total. The van der Waals surface area contributed by atoms with Gasteiger partial charge in [0.05, 0.1) is 6.04 Å². The van der Waals surface area contributed by atoms with Gasteiger partial charge in [0.15, 0.2) is 0 Å². The monoisotopic (exact) mass is 280 g/mol. The summed E-state index contributed by atoms with van der Waals surface area (Å²) in [6.07, 6.45) is 3.05. The molecule has 1 aromatic carbocycles. The zero-order valence-corrected chi connectivity index (χ0v) is 12.6. The maximum atomic E-state index is 14.2. The molecule has 1 aliphatic heterocycles. The molecule has 0 bridgehead atoms.